The fourth-order valence-electron chi connectivity index (χ4n) is 3.49. The molecular weight excluding hydrogens is 420 g/mol. The average Bonchev–Trinajstić information content (AvgIpc) is 3.44. The first-order valence-electron chi connectivity index (χ1n) is 10.3. The molecule has 0 aliphatic rings. The minimum absolute atomic E-state index is 0.130. The molecule has 0 saturated heterocycles. The quantitative estimate of drug-likeness (QED) is 0.369. The number of anilines is 2. The molecule has 1 amide bonds. The van der Waals surface area contributed by atoms with E-state index in [1.807, 2.05) is 75.6 Å². The zero-order chi connectivity index (χ0) is 22.7. The highest BCUT2D eigenvalue weighted by Crippen LogP contribution is 2.29. The third-order valence-corrected chi connectivity index (χ3v) is 6.30. The van der Waals surface area contributed by atoms with Gasteiger partial charge in [-0.1, -0.05) is 24.3 Å². The van der Waals surface area contributed by atoms with Crippen LogP contribution >= 0.6 is 11.3 Å². The van der Waals surface area contributed by atoms with Crippen molar-refractivity contribution in [2.75, 3.05) is 5.32 Å². The topological polar surface area (TPSA) is 76.0 Å². The van der Waals surface area contributed by atoms with Gasteiger partial charge in [-0.3, -0.25) is 14.3 Å². The van der Waals surface area contributed by atoms with Gasteiger partial charge in [0.15, 0.2) is 6.29 Å². The molecule has 0 radical (unpaired) electrons. The van der Waals surface area contributed by atoms with Crippen LogP contribution in [0.5, 0.6) is 0 Å². The number of carbonyl (C=O) groups is 2. The lowest BCUT2D eigenvalue weighted by Gasteiger charge is -2.17. The Kier molecular flexibility index (Phi) is 6.18. The Morgan fingerprint density at radius 3 is 2.69 bits per heavy atom. The van der Waals surface area contributed by atoms with Gasteiger partial charge in [-0.2, -0.15) is 5.10 Å². The second-order valence-electron chi connectivity index (χ2n) is 7.70. The summed E-state index contributed by atoms with van der Waals surface area (Å²) in [5.41, 5.74) is 5.24. The number of aromatic nitrogens is 2. The molecule has 0 spiro atoms. The first-order valence-corrected chi connectivity index (χ1v) is 11.1. The lowest BCUT2D eigenvalue weighted by molar-refractivity contribution is 0.0939. The number of amides is 1. The van der Waals surface area contributed by atoms with Crippen molar-refractivity contribution in [1.82, 2.24) is 15.1 Å². The van der Waals surface area contributed by atoms with Crippen molar-refractivity contribution in [3.05, 3.63) is 88.6 Å². The highest BCUT2D eigenvalue weighted by atomic mass is 32.1. The molecule has 2 aromatic carbocycles. The predicted octanol–water partition coefficient (Wildman–Crippen LogP) is 5.50. The number of benzene rings is 2. The number of nitrogens with zero attached hydrogens (tertiary/aromatic N) is 2. The SMILES string of the molecule is Cc1ccc(Nc2cnn(C)c2)cc1C(=O)N[C@H](C)c1cccc(-c2ccc(C=O)s2)c1. The first kappa shape index (κ1) is 21.5. The molecule has 7 heteroatoms. The summed E-state index contributed by atoms with van der Waals surface area (Å²) >= 11 is 1.45. The van der Waals surface area contributed by atoms with Gasteiger partial charge in [0.2, 0.25) is 0 Å². The van der Waals surface area contributed by atoms with Gasteiger partial charge in [0, 0.05) is 29.4 Å². The first-order chi connectivity index (χ1) is 15.4. The maximum absolute atomic E-state index is 13.1. The number of carbonyl (C=O) groups excluding carboxylic acids is 2. The Balaban J connectivity index is 1.50. The van der Waals surface area contributed by atoms with Gasteiger partial charge >= 0.3 is 0 Å². The summed E-state index contributed by atoms with van der Waals surface area (Å²) in [5, 5.41) is 10.5. The lowest BCUT2D eigenvalue weighted by atomic mass is 10.0. The summed E-state index contributed by atoms with van der Waals surface area (Å²) in [6, 6.07) is 17.3. The van der Waals surface area contributed by atoms with Gasteiger partial charge in [-0.25, -0.2) is 0 Å². The zero-order valence-electron chi connectivity index (χ0n) is 18.1. The molecule has 0 aliphatic carbocycles. The minimum atomic E-state index is -0.178. The molecule has 0 unspecified atom stereocenters. The van der Waals surface area contributed by atoms with E-state index in [0.29, 0.717) is 10.4 Å². The van der Waals surface area contributed by atoms with E-state index in [0.717, 1.165) is 39.2 Å². The van der Waals surface area contributed by atoms with Crippen molar-refractivity contribution in [3.8, 4) is 10.4 Å². The summed E-state index contributed by atoms with van der Waals surface area (Å²) in [6.07, 6.45) is 4.47. The van der Waals surface area contributed by atoms with Gasteiger partial charge in [-0.05, 0) is 60.9 Å². The molecule has 2 N–H and O–H groups in total. The van der Waals surface area contributed by atoms with Gasteiger partial charge in [0.25, 0.3) is 5.91 Å². The molecule has 32 heavy (non-hydrogen) atoms. The standard InChI is InChI=1S/C25H24N4O2S/c1-16-7-8-20(28-21-13-26-29(3)14-21)12-23(16)25(31)27-17(2)18-5-4-6-19(11-18)24-10-9-22(15-30)32-24/h4-15,17,28H,1-3H3,(H,27,31)/t17-/m1/s1. The van der Waals surface area contributed by atoms with Crippen molar-refractivity contribution >= 4 is 34.9 Å². The normalized spacial score (nSPS) is 11.7. The Morgan fingerprint density at radius 2 is 1.97 bits per heavy atom. The number of aryl methyl sites for hydroxylation is 2. The lowest BCUT2D eigenvalue weighted by Crippen LogP contribution is -2.27. The number of thiophene rings is 1. The van der Waals surface area contributed by atoms with Crippen LogP contribution in [-0.2, 0) is 7.05 Å². The molecule has 2 heterocycles. The van der Waals surface area contributed by atoms with Crippen LogP contribution in [0, 0.1) is 6.92 Å². The van der Waals surface area contributed by atoms with Crippen LogP contribution in [-0.4, -0.2) is 22.0 Å². The van der Waals surface area contributed by atoms with E-state index in [4.69, 9.17) is 0 Å². The van der Waals surface area contributed by atoms with E-state index in [9.17, 15) is 9.59 Å². The largest absolute Gasteiger partial charge is 0.353 e. The average molecular weight is 445 g/mol. The number of hydrogen-bond acceptors (Lipinski definition) is 5. The fraction of sp³-hybridized carbons (Fsp3) is 0.160. The Labute approximate surface area is 190 Å². The molecule has 0 bridgehead atoms. The molecule has 0 aliphatic heterocycles. The molecule has 0 fully saturated rings. The van der Waals surface area contributed by atoms with E-state index in [1.165, 1.54) is 11.3 Å². The minimum Gasteiger partial charge on any atom is -0.353 e. The van der Waals surface area contributed by atoms with Crippen LogP contribution < -0.4 is 10.6 Å². The third kappa shape index (κ3) is 4.78. The number of rotatable bonds is 7. The summed E-state index contributed by atoms with van der Waals surface area (Å²) in [6.45, 7) is 3.89. The van der Waals surface area contributed by atoms with Crippen molar-refractivity contribution in [2.24, 2.45) is 7.05 Å². The van der Waals surface area contributed by atoms with Crippen LogP contribution in [0.3, 0.4) is 0 Å². The fourth-order valence-corrected chi connectivity index (χ4v) is 4.31. The van der Waals surface area contributed by atoms with E-state index < -0.39 is 0 Å². The van der Waals surface area contributed by atoms with Crippen molar-refractivity contribution in [2.45, 2.75) is 19.9 Å². The Hall–Kier alpha value is -3.71. The van der Waals surface area contributed by atoms with E-state index in [2.05, 4.69) is 21.8 Å². The smallest absolute Gasteiger partial charge is 0.252 e. The monoisotopic (exact) mass is 444 g/mol. The van der Waals surface area contributed by atoms with Crippen LogP contribution in [0.4, 0.5) is 11.4 Å². The Morgan fingerprint density at radius 1 is 1.12 bits per heavy atom. The second kappa shape index (κ2) is 9.20. The summed E-state index contributed by atoms with van der Waals surface area (Å²) in [4.78, 5) is 25.8. The summed E-state index contributed by atoms with van der Waals surface area (Å²) in [5.74, 6) is -0.130. The van der Waals surface area contributed by atoms with Gasteiger partial charge in [0.1, 0.15) is 0 Å². The van der Waals surface area contributed by atoms with Crippen molar-refractivity contribution < 1.29 is 9.59 Å². The van der Waals surface area contributed by atoms with Crippen LogP contribution in [0.1, 0.15) is 44.1 Å². The van der Waals surface area contributed by atoms with E-state index in [1.54, 1.807) is 10.9 Å². The zero-order valence-corrected chi connectivity index (χ0v) is 18.9. The van der Waals surface area contributed by atoms with Gasteiger partial charge < -0.3 is 10.6 Å². The number of aldehydes is 1. The highest BCUT2D eigenvalue weighted by Gasteiger charge is 2.15. The van der Waals surface area contributed by atoms with Crippen molar-refractivity contribution in [1.29, 1.82) is 0 Å². The van der Waals surface area contributed by atoms with Crippen LogP contribution in [0.25, 0.3) is 10.4 Å². The maximum atomic E-state index is 13.1. The van der Waals surface area contributed by atoms with Gasteiger partial charge in [-0.15, -0.1) is 11.3 Å². The van der Waals surface area contributed by atoms with Crippen LogP contribution in [0.15, 0.2) is 67.0 Å². The summed E-state index contributed by atoms with van der Waals surface area (Å²) in [7, 11) is 1.86. The number of nitrogens with one attached hydrogen (secondary N) is 2. The second-order valence-corrected chi connectivity index (χ2v) is 8.81. The van der Waals surface area contributed by atoms with E-state index in [-0.39, 0.29) is 11.9 Å². The Bertz CT molecular complexity index is 1270. The van der Waals surface area contributed by atoms with E-state index >= 15 is 0 Å². The summed E-state index contributed by atoms with van der Waals surface area (Å²) < 4.78 is 1.72. The molecule has 0 saturated carbocycles. The molecule has 1 atom stereocenters. The van der Waals surface area contributed by atoms with Crippen LogP contribution in [0.2, 0.25) is 0 Å². The molecule has 4 aromatic rings. The molecule has 162 valence electrons. The number of hydrogen-bond donors (Lipinski definition) is 2. The van der Waals surface area contributed by atoms with Gasteiger partial charge in [0.05, 0.1) is 22.8 Å². The predicted molar refractivity (Wildman–Crippen MR) is 129 cm³/mol. The molecular formula is C25H24N4O2S. The molecule has 6 nitrogen and oxygen atoms in total. The molecule has 2 aromatic heterocycles. The maximum Gasteiger partial charge on any atom is 0.252 e. The third-order valence-electron chi connectivity index (χ3n) is 5.24. The van der Waals surface area contributed by atoms with Crippen molar-refractivity contribution in [3.63, 3.8) is 0 Å². The highest BCUT2D eigenvalue weighted by molar-refractivity contribution is 7.17. The molecule has 4 rings (SSSR count).